The molecule has 8 rings (SSSR count). The SMILES string of the molecule is Fc1ccc(-c2nc(-c3ccccc3)nc(-c3cccc(-c4cccc(-c5nc(-c6ccccc6)cc(-c6ccccc6)n5)c4)c3)n2)cc1. The van der Waals surface area contributed by atoms with Gasteiger partial charge in [0.1, 0.15) is 5.82 Å². The highest BCUT2D eigenvalue weighted by Crippen LogP contribution is 2.32. The highest BCUT2D eigenvalue weighted by molar-refractivity contribution is 5.77. The lowest BCUT2D eigenvalue weighted by atomic mass is 10.00. The second-order valence-corrected chi connectivity index (χ2v) is 11.5. The normalized spacial score (nSPS) is 11.0. The number of rotatable bonds is 7. The molecular formula is C43H28FN5. The van der Waals surface area contributed by atoms with Crippen LogP contribution in [-0.2, 0) is 0 Å². The van der Waals surface area contributed by atoms with Gasteiger partial charge in [0.25, 0.3) is 0 Å². The van der Waals surface area contributed by atoms with Crippen molar-refractivity contribution in [2.24, 2.45) is 0 Å². The average Bonchev–Trinajstić information content (AvgIpc) is 3.19. The molecule has 0 unspecified atom stereocenters. The largest absolute Gasteiger partial charge is 0.228 e. The van der Waals surface area contributed by atoms with E-state index in [0.29, 0.717) is 28.9 Å². The Bertz CT molecular complexity index is 2320. The number of aromatic nitrogens is 5. The minimum absolute atomic E-state index is 0.315. The van der Waals surface area contributed by atoms with Crippen LogP contribution >= 0.6 is 0 Å². The highest BCUT2D eigenvalue weighted by atomic mass is 19.1. The molecule has 6 aromatic carbocycles. The lowest BCUT2D eigenvalue weighted by molar-refractivity contribution is 0.628. The van der Waals surface area contributed by atoms with Crippen LogP contribution in [0.2, 0.25) is 0 Å². The van der Waals surface area contributed by atoms with E-state index >= 15 is 0 Å². The van der Waals surface area contributed by atoms with Gasteiger partial charge in [0.05, 0.1) is 11.4 Å². The molecule has 8 aromatic rings. The predicted molar refractivity (Wildman–Crippen MR) is 193 cm³/mol. The van der Waals surface area contributed by atoms with E-state index in [0.717, 1.165) is 50.3 Å². The first-order valence-corrected chi connectivity index (χ1v) is 15.9. The van der Waals surface area contributed by atoms with Crippen molar-refractivity contribution >= 4 is 0 Å². The maximum absolute atomic E-state index is 13.8. The summed E-state index contributed by atoms with van der Waals surface area (Å²) < 4.78 is 13.8. The molecule has 2 heterocycles. The van der Waals surface area contributed by atoms with E-state index in [1.165, 1.54) is 12.1 Å². The Labute approximate surface area is 283 Å². The van der Waals surface area contributed by atoms with Crippen LogP contribution in [-0.4, -0.2) is 24.9 Å². The zero-order valence-electron chi connectivity index (χ0n) is 26.3. The van der Waals surface area contributed by atoms with E-state index in [4.69, 9.17) is 24.9 Å². The molecular weight excluding hydrogens is 606 g/mol. The van der Waals surface area contributed by atoms with E-state index in [1.54, 1.807) is 12.1 Å². The van der Waals surface area contributed by atoms with E-state index < -0.39 is 0 Å². The molecule has 0 atom stereocenters. The quantitative estimate of drug-likeness (QED) is 0.175. The molecule has 0 spiro atoms. The topological polar surface area (TPSA) is 64.5 Å². The molecule has 232 valence electrons. The summed E-state index contributed by atoms with van der Waals surface area (Å²) in [5.74, 6) is 1.87. The van der Waals surface area contributed by atoms with Crippen LogP contribution in [0.4, 0.5) is 4.39 Å². The Kier molecular flexibility index (Phi) is 8.02. The van der Waals surface area contributed by atoms with E-state index in [9.17, 15) is 4.39 Å². The Morgan fingerprint density at radius 2 is 0.612 bits per heavy atom. The van der Waals surface area contributed by atoms with Crippen molar-refractivity contribution in [2.45, 2.75) is 0 Å². The molecule has 0 radical (unpaired) electrons. The van der Waals surface area contributed by atoms with Gasteiger partial charge >= 0.3 is 0 Å². The second-order valence-electron chi connectivity index (χ2n) is 11.5. The standard InChI is InChI=1S/C43H28FN5/c44-37-24-22-32(23-25-37)41-47-40(31-16-8-3-9-17-31)48-43(49-41)36-21-11-19-34(27-36)33-18-10-20-35(26-33)42-45-38(29-12-4-1-5-13-29)28-39(46-42)30-14-6-2-7-15-30/h1-28H. The van der Waals surface area contributed by atoms with Crippen molar-refractivity contribution in [1.82, 2.24) is 24.9 Å². The molecule has 0 saturated carbocycles. The smallest absolute Gasteiger partial charge is 0.164 e. The minimum atomic E-state index is -0.315. The van der Waals surface area contributed by atoms with Crippen LogP contribution in [0.5, 0.6) is 0 Å². The number of benzene rings is 6. The molecule has 49 heavy (non-hydrogen) atoms. The molecule has 0 aliphatic heterocycles. The summed E-state index contributed by atoms with van der Waals surface area (Å²) in [7, 11) is 0. The van der Waals surface area contributed by atoms with Crippen molar-refractivity contribution in [3.05, 3.63) is 176 Å². The summed E-state index contributed by atoms with van der Waals surface area (Å²) in [5.41, 5.74) is 9.08. The van der Waals surface area contributed by atoms with E-state index in [1.807, 2.05) is 97.1 Å². The Morgan fingerprint density at radius 3 is 1.08 bits per heavy atom. The van der Waals surface area contributed by atoms with Crippen LogP contribution in [0.25, 0.3) is 79.2 Å². The fourth-order valence-corrected chi connectivity index (χ4v) is 5.72. The first-order valence-electron chi connectivity index (χ1n) is 15.9. The first kappa shape index (κ1) is 29.7. The van der Waals surface area contributed by atoms with Gasteiger partial charge in [-0.05, 0) is 53.6 Å². The Balaban J connectivity index is 1.20. The molecule has 0 bridgehead atoms. The Morgan fingerprint density at radius 1 is 0.265 bits per heavy atom. The molecule has 0 fully saturated rings. The second kappa shape index (κ2) is 13.2. The fraction of sp³-hybridized carbons (Fsp3) is 0. The number of nitrogens with zero attached hydrogens (tertiary/aromatic N) is 5. The first-order chi connectivity index (χ1) is 24.2. The number of halogens is 1. The molecule has 2 aromatic heterocycles. The van der Waals surface area contributed by atoms with Gasteiger partial charge < -0.3 is 0 Å². The van der Waals surface area contributed by atoms with Crippen LogP contribution in [0.15, 0.2) is 170 Å². The molecule has 6 heteroatoms. The van der Waals surface area contributed by atoms with Crippen LogP contribution in [0, 0.1) is 5.82 Å². The maximum Gasteiger partial charge on any atom is 0.164 e. The zero-order chi connectivity index (χ0) is 33.0. The molecule has 0 N–H and O–H groups in total. The summed E-state index contributed by atoms with van der Waals surface area (Å²) in [5, 5.41) is 0. The predicted octanol–water partition coefficient (Wildman–Crippen LogP) is 10.5. The highest BCUT2D eigenvalue weighted by Gasteiger charge is 2.15. The van der Waals surface area contributed by atoms with Crippen molar-refractivity contribution in [3.63, 3.8) is 0 Å². The summed E-state index contributed by atoms with van der Waals surface area (Å²) in [4.78, 5) is 24.5. The monoisotopic (exact) mass is 633 g/mol. The van der Waals surface area contributed by atoms with Crippen LogP contribution in [0.3, 0.4) is 0 Å². The van der Waals surface area contributed by atoms with Crippen LogP contribution in [0.1, 0.15) is 0 Å². The summed E-state index contributed by atoms with van der Waals surface area (Å²) in [6, 6.07) is 54.8. The van der Waals surface area contributed by atoms with Crippen LogP contribution < -0.4 is 0 Å². The van der Waals surface area contributed by atoms with E-state index in [2.05, 4.69) is 48.5 Å². The number of hydrogen-bond donors (Lipinski definition) is 0. The third-order valence-corrected chi connectivity index (χ3v) is 8.21. The molecule has 0 aliphatic carbocycles. The van der Waals surface area contributed by atoms with Crippen molar-refractivity contribution in [1.29, 1.82) is 0 Å². The van der Waals surface area contributed by atoms with Gasteiger partial charge in [0.2, 0.25) is 0 Å². The average molecular weight is 634 g/mol. The minimum Gasteiger partial charge on any atom is -0.228 e. The van der Waals surface area contributed by atoms with Gasteiger partial charge in [-0.15, -0.1) is 0 Å². The summed E-state index contributed by atoms with van der Waals surface area (Å²) in [6.45, 7) is 0. The molecule has 0 saturated heterocycles. The lowest BCUT2D eigenvalue weighted by Gasteiger charge is -2.11. The van der Waals surface area contributed by atoms with Crippen molar-refractivity contribution in [2.75, 3.05) is 0 Å². The third kappa shape index (κ3) is 6.48. The number of hydrogen-bond acceptors (Lipinski definition) is 5. The molecule has 5 nitrogen and oxygen atoms in total. The zero-order valence-corrected chi connectivity index (χ0v) is 26.3. The third-order valence-electron chi connectivity index (χ3n) is 8.21. The maximum atomic E-state index is 13.8. The molecule has 0 amide bonds. The summed E-state index contributed by atoms with van der Waals surface area (Å²) >= 11 is 0. The Hall–Kier alpha value is -6.66. The van der Waals surface area contributed by atoms with Crippen molar-refractivity contribution < 1.29 is 4.39 Å². The summed E-state index contributed by atoms with van der Waals surface area (Å²) in [6.07, 6.45) is 0. The van der Waals surface area contributed by atoms with Crippen molar-refractivity contribution in [3.8, 4) is 79.2 Å². The van der Waals surface area contributed by atoms with Gasteiger partial charge in [-0.2, -0.15) is 0 Å². The lowest BCUT2D eigenvalue weighted by Crippen LogP contribution is -2.00. The van der Waals surface area contributed by atoms with Gasteiger partial charge in [0.15, 0.2) is 23.3 Å². The van der Waals surface area contributed by atoms with Gasteiger partial charge in [-0.25, -0.2) is 29.3 Å². The fourth-order valence-electron chi connectivity index (χ4n) is 5.72. The van der Waals surface area contributed by atoms with Gasteiger partial charge in [-0.3, -0.25) is 0 Å². The van der Waals surface area contributed by atoms with Gasteiger partial charge in [-0.1, -0.05) is 127 Å². The van der Waals surface area contributed by atoms with E-state index in [-0.39, 0.29) is 5.82 Å². The van der Waals surface area contributed by atoms with Gasteiger partial charge in [0, 0.05) is 33.4 Å². The molecule has 0 aliphatic rings.